The molecule has 0 aliphatic rings. The van der Waals surface area contributed by atoms with Gasteiger partial charge in [0.15, 0.2) is 0 Å². The molecule has 2 aromatic rings. The lowest BCUT2D eigenvalue weighted by Gasteiger charge is -2.09. The van der Waals surface area contributed by atoms with Gasteiger partial charge >= 0.3 is 0 Å². The van der Waals surface area contributed by atoms with E-state index < -0.39 is 15.9 Å². The van der Waals surface area contributed by atoms with E-state index in [1.54, 1.807) is 19.1 Å². The maximum absolute atomic E-state index is 12.1. The van der Waals surface area contributed by atoms with Crippen molar-refractivity contribution in [3.8, 4) is 0 Å². The van der Waals surface area contributed by atoms with Crippen molar-refractivity contribution in [2.75, 3.05) is 5.32 Å². The second kappa shape index (κ2) is 5.92. The van der Waals surface area contributed by atoms with Crippen molar-refractivity contribution in [3.05, 3.63) is 52.3 Å². The Labute approximate surface area is 130 Å². The van der Waals surface area contributed by atoms with E-state index in [1.807, 2.05) is 0 Å². The normalized spacial score (nSPS) is 11.2. The quantitative estimate of drug-likeness (QED) is 0.863. The van der Waals surface area contributed by atoms with Gasteiger partial charge in [-0.3, -0.25) is 4.79 Å². The highest BCUT2D eigenvalue weighted by molar-refractivity contribution is 9.10. The van der Waals surface area contributed by atoms with Crippen LogP contribution in [0, 0.1) is 6.92 Å². The van der Waals surface area contributed by atoms with Crippen molar-refractivity contribution in [3.63, 3.8) is 0 Å². The van der Waals surface area contributed by atoms with Gasteiger partial charge in [0.2, 0.25) is 10.0 Å². The lowest BCUT2D eigenvalue weighted by Crippen LogP contribution is -2.16. The first-order valence-electron chi connectivity index (χ1n) is 5.84. The summed E-state index contributed by atoms with van der Waals surface area (Å²) < 4.78 is 23.2. The van der Waals surface area contributed by atoms with E-state index in [1.165, 1.54) is 24.4 Å². The van der Waals surface area contributed by atoms with Crippen LogP contribution in [0.15, 0.2) is 45.9 Å². The number of hydrogen-bond acceptors (Lipinski definition) is 4. The molecule has 1 aromatic carbocycles. The van der Waals surface area contributed by atoms with Crippen molar-refractivity contribution < 1.29 is 13.2 Å². The van der Waals surface area contributed by atoms with Crippen LogP contribution < -0.4 is 10.5 Å². The number of aryl methyl sites for hydroxylation is 1. The molecule has 0 atom stereocenters. The number of amides is 1. The Morgan fingerprint density at radius 1 is 1.33 bits per heavy atom. The smallest absolute Gasteiger partial charge is 0.275 e. The average molecular weight is 370 g/mol. The van der Waals surface area contributed by atoms with Crippen molar-refractivity contribution >= 4 is 37.5 Å². The molecule has 110 valence electrons. The molecule has 0 saturated heterocycles. The minimum absolute atomic E-state index is 0.0273. The van der Waals surface area contributed by atoms with Gasteiger partial charge < -0.3 is 5.32 Å². The van der Waals surface area contributed by atoms with Crippen molar-refractivity contribution in [1.82, 2.24) is 4.98 Å². The summed E-state index contributed by atoms with van der Waals surface area (Å²) in [6.07, 6.45) is 1.51. The average Bonchev–Trinajstić information content (AvgIpc) is 2.37. The summed E-state index contributed by atoms with van der Waals surface area (Å²) in [6, 6.07) is 7.77. The number of anilines is 1. The fourth-order valence-electron chi connectivity index (χ4n) is 1.79. The van der Waals surface area contributed by atoms with Gasteiger partial charge in [0.25, 0.3) is 5.91 Å². The van der Waals surface area contributed by atoms with Crippen molar-refractivity contribution in [2.45, 2.75) is 11.8 Å². The Morgan fingerprint density at radius 3 is 2.62 bits per heavy atom. The molecular formula is C13H12BrN3O3S. The van der Waals surface area contributed by atoms with E-state index in [0.29, 0.717) is 15.7 Å². The van der Waals surface area contributed by atoms with Crippen LogP contribution in [0.5, 0.6) is 0 Å². The van der Waals surface area contributed by atoms with Gasteiger partial charge in [0.05, 0.1) is 4.90 Å². The van der Waals surface area contributed by atoms with Crippen LogP contribution in [0.4, 0.5) is 5.69 Å². The maximum Gasteiger partial charge on any atom is 0.275 e. The number of carbonyl (C=O) groups is 1. The molecule has 3 N–H and O–H groups in total. The van der Waals surface area contributed by atoms with Gasteiger partial charge in [-0.1, -0.05) is 0 Å². The number of halogens is 1. The predicted octanol–water partition coefficient (Wildman–Crippen LogP) is 2.05. The van der Waals surface area contributed by atoms with E-state index in [0.717, 1.165) is 0 Å². The van der Waals surface area contributed by atoms with Crippen LogP contribution in [0.3, 0.4) is 0 Å². The minimum atomic E-state index is -3.77. The summed E-state index contributed by atoms with van der Waals surface area (Å²) >= 11 is 3.24. The Kier molecular flexibility index (Phi) is 4.40. The Balaban J connectivity index is 2.27. The molecule has 6 nitrogen and oxygen atoms in total. The number of hydrogen-bond donors (Lipinski definition) is 2. The van der Waals surface area contributed by atoms with Gasteiger partial charge in [0, 0.05) is 16.4 Å². The Bertz CT molecular complexity index is 806. The van der Waals surface area contributed by atoms with E-state index in [-0.39, 0.29) is 10.6 Å². The largest absolute Gasteiger partial charge is 0.321 e. The van der Waals surface area contributed by atoms with Gasteiger partial charge in [-0.05, 0) is 58.7 Å². The third-order valence-electron chi connectivity index (χ3n) is 2.71. The zero-order valence-corrected chi connectivity index (χ0v) is 13.4. The molecule has 0 bridgehead atoms. The molecule has 2 rings (SSSR count). The van der Waals surface area contributed by atoms with E-state index in [4.69, 9.17) is 5.14 Å². The molecule has 8 heteroatoms. The number of carbonyl (C=O) groups excluding carboxylic acids is 1. The third kappa shape index (κ3) is 3.66. The van der Waals surface area contributed by atoms with Crippen LogP contribution in [0.1, 0.15) is 16.1 Å². The molecule has 1 aromatic heterocycles. The standard InChI is InChI=1S/C13H12BrN3O3S/c1-8-7-9(4-5-11(8)21(15,19)20)17-13(18)12-10(14)3-2-6-16-12/h2-7H,1H3,(H,17,18)(H2,15,19,20). The number of primary sulfonamides is 1. The fraction of sp³-hybridized carbons (Fsp3) is 0.0769. The van der Waals surface area contributed by atoms with Gasteiger partial charge in [0.1, 0.15) is 5.69 Å². The molecule has 0 spiro atoms. The van der Waals surface area contributed by atoms with Crippen molar-refractivity contribution in [2.24, 2.45) is 5.14 Å². The topological polar surface area (TPSA) is 102 Å². The number of sulfonamides is 1. The Morgan fingerprint density at radius 2 is 2.05 bits per heavy atom. The van der Waals surface area contributed by atoms with Gasteiger partial charge in [-0.2, -0.15) is 0 Å². The summed E-state index contributed by atoms with van der Waals surface area (Å²) in [5.74, 6) is -0.398. The van der Waals surface area contributed by atoms with E-state index >= 15 is 0 Å². The number of rotatable bonds is 3. The summed E-state index contributed by atoms with van der Waals surface area (Å²) in [5.41, 5.74) is 1.16. The highest BCUT2D eigenvalue weighted by Crippen LogP contribution is 2.20. The van der Waals surface area contributed by atoms with Gasteiger partial charge in [-0.15, -0.1) is 0 Å². The third-order valence-corrected chi connectivity index (χ3v) is 4.42. The minimum Gasteiger partial charge on any atom is -0.321 e. The molecule has 21 heavy (non-hydrogen) atoms. The molecule has 0 fully saturated rings. The van der Waals surface area contributed by atoms with Crippen LogP contribution in [-0.4, -0.2) is 19.3 Å². The predicted molar refractivity (Wildman–Crippen MR) is 82.4 cm³/mol. The zero-order chi connectivity index (χ0) is 15.6. The second-order valence-electron chi connectivity index (χ2n) is 4.31. The van der Waals surface area contributed by atoms with E-state index in [2.05, 4.69) is 26.2 Å². The molecule has 0 unspecified atom stereocenters. The van der Waals surface area contributed by atoms with Crippen LogP contribution >= 0.6 is 15.9 Å². The SMILES string of the molecule is Cc1cc(NC(=O)c2ncccc2Br)ccc1S(N)(=O)=O. The van der Waals surface area contributed by atoms with Crippen LogP contribution in [-0.2, 0) is 10.0 Å². The summed E-state index contributed by atoms with van der Waals surface area (Å²) in [5, 5.41) is 7.74. The number of benzene rings is 1. The summed E-state index contributed by atoms with van der Waals surface area (Å²) in [6.45, 7) is 1.60. The van der Waals surface area contributed by atoms with Crippen molar-refractivity contribution in [1.29, 1.82) is 0 Å². The molecule has 0 aliphatic carbocycles. The first-order chi connectivity index (χ1) is 9.79. The maximum atomic E-state index is 12.1. The number of nitrogens with zero attached hydrogens (tertiary/aromatic N) is 1. The van der Waals surface area contributed by atoms with Crippen LogP contribution in [0.2, 0.25) is 0 Å². The fourth-order valence-corrected chi connectivity index (χ4v) is 2.99. The highest BCUT2D eigenvalue weighted by Gasteiger charge is 2.14. The number of nitrogens with two attached hydrogens (primary N) is 1. The lowest BCUT2D eigenvalue weighted by molar-refractivity contribution is 0.102. The molecule has 0 aliphatic heterocycles. The monoisotopic (exact) mass is 369 g/mol. The first-order valence-corrected chi connectivity index (χ1v) is 8.18. The molecular weight excluding hydrogens is 358 g/mol. The number of pyridine rings is 1. The zero-order valence-electron chi connectivity index (χ0n) is 11.0. The summed E-state index contributed by atoms with van der Waals surface area (Å²) in [7, 11) is -3.77. The number of aromatic nitrogens is 1. The van der Waals surface area contributed by atoms with Gasteiger partial charge in [-0.25, -0.2) is 18.5 Å². The molecule has 0 radical (unpaired) electrons. The Hall–Kier alpha value is -1.77. The first kappa shape index (κ1) is 15.6. The second-order valence-corrected chi connectivity index (χ2v) is 6.70. The number of nitrogens with one attached hydrogen (secondary N) is 1. The van der Waals surface area contributed by atoms with Crippen LogP contribution in [0.25, 0.3) is 0 Å². The lowest BCUT2D eigenvalue weighted by atomic mass is 10.2. The van der Waals surface area contributed by atoms with E-state index in [9.17, 15) is 13.2 Å². The highest BCUT2D eigenvalue weighted by atomic mass is 79.9. The molecule has 1 heterocycles. The molecule has 1 amide bonds. The molecule has 0 saturated carbocycles. The summed E-state index contributed by atoms with van der Waals surface area (Å²) in [4.78, 5) is 16.1.